The number of esters is 1. The first-order valence-electron chi connectivity index (χ1n) is 7.77. The van der Waals surface area contributed by atoms with Crippen LogP contribution in [0.25, 0.3) is 16.7 Å². The number of rotatable bonds is 3. The number of fused-ring (bicyclic) bond motifs is 3. The molecule has 27 heavy (non-hydrogen) atoms. The van der Waals surface area contributed by atoms with E-state index in [0.717, 1.165) is 0 Å². The standard InChI is InChI=1S/C17H11Cl2N5O3/c1-23-15(25)10-4-2-3-5-12(10)24-13(21-22-17(23)24)8-27-16(26)9-6-11(18)14(19)20-7-9/h2-7H,8H2,1H3. The zero-order valence-electron chi connectivity index (χ0n) is 13.9. The molecule has 0 atom stereocenters. The molecule has 0 aliphatic heterocycles. The second kappa shape index (κ2) is 6.64. The third-order valence-electron chi connectivity index (χ3n) is 4.06. The molecule has 4 aromatic rings. The van der Waals surface area contributed by atoms with Gasteiger partial charge >= 0.3 is 5.97 Å². The summed E-state index contributed by atoms with van der Waals surface area (Å²) < 4.78 is 8.37. The zero-order valence-corrected chi connectivity index (χ0v) is 15.4. The normalized spacial score (nSPS) is 11.2. The summed E-state index contributed by atoms with van der Waals surface area (Å²) in [5.41, 5.74) is 0.606. The van der Waals surface area contributed by atoms with E-state index >= 15 is 0 Å². The number of hydrogen-bond donors (Lipinski definition) is 0. The fraction of sp³-hybridized carbons (Fsp3) is 0.118. The third kappa shape index (κ3) is 2.92. The smallest absolute Gasteiger partial charge is 0.340 e. The summed E-state index contributed by atoms with van der Waals surface area (Å²) in [6, 6.07) is 8.45. The van der Waals surface area contributed by atoms with E-state index in [1.54, 1.807) is 35.7 Å². The van der Waals surface area contributed by atoms with Crippen LogP contribution in [0.15, 0.2) is 41.3 Å². The molecule has 136 valence electrons. The first-order chi connectivity index (χ1) is 13.0. The topological polar surface area (TPSA) is 91.4 Å². The Balaban J connectivity index is 1.72. The van der Waals surface area contributed by atoms with Crippen LogP contribution in [0.2, 0.25) is 10.2 Å². The van der Waals surface area contributed by atoms with Crippen LogP contribution in [-0.2, 0) is 18.4 Å². The fourth-order valence-corrected chi connectivity index (χ4v) is 3.00. The summed E-state index contributed by atoms with van der Waals surface area (Å²) in [4.78, 5) is 28.5. The number of para-hydroxylation sites is 1. The third-order valence-corrected chi connectivity index (χ3v) is 4.74. The quantitative estimate of drug-likeness (QED) is 0.385. The minimum atomic E-state index is -0.632. The van der Waals surface area contributed by atoms with E-state index in [2.05, 4.69) is 15.2 Å². The van der Waals surface area contributed by atoms with Gasteiger partial charge in [0.1, 0.15) is 5.15 Å². The number of aromatic nitrogens is 5. The minimum Gasteiger partial charge on any atom is -0.454 e. The number of nitrogens with zero attached hydrogens (tertiary/aromatic N) is 5. The van der Waals surface area contributed by atoms with Gasteiger partial charge < -0.3 is 4.74 Å². The van der Waals surface area contributed by atoms with Crippen LogP contribution in [0.4, 0.5) is 0 Å². The first-order valence-corrected chi connectivity index (χ1v) is 8.53. The van der Waals surface area contributed by atoms with Crippen molar-refractivity contribution in [1.82, 2.24) is 24.1 Å². The van der Waals surface area contributed by atoms with Gasteiger partial charge in [-0.1, -0.05) is 35.3 Å². The second-order valence-electron chi connectivity index (χ2n) is 5.71. The summed E-state index contributed by atoms with van der Waals surface area (Å²) in [5.74, 6) is 0.0889. The maximum Gasteiger partial charge on any atom is 0.340 e. The van der Waals surface area contributed by atoms with E-state index in [-0.39, 0.29) is 27.9 Å². The van der Waals surface area contributed by atoms with Crippen molar-refractivity contribution < 1.29 is 9.53 Å². The molecule has 10 heteroatoms. The average Bonchev–Trinajstić information content (AvgIpc) is 3.10. The van der Waals surface area contributed by atoms with E-state index in [4.69, 9.17) is 27.9 Å². The van der Waals surface area contributed by atoms with Crippen molar-refractivity contribution in [3.63, 3.8) is 0 Å². The molecule has 0 amide bonds. The molecule has 3 heterocycles. The lowest BCUT2D eigenvalue weighted by Crippen LogP contribution is -2.20. The van der Waals surface area contributed by atoms with Crippen molar-refractivity contribution >= 4 is 45.9 Å². The number of carbonyl (C=O) groups excluding carboxylic acids is 1. The van der Waals surface area contributed by atoms with Gasteiger partial charge in [-0.3, -0.25) is 13.8 Å². The number of aryl methyl sites for hydroxylation is 1. The molecule has 0 N–H and O–H groups in total. The Morgan fingerprint density at radius 2 is 2.00 bits per heavy atom. The van der Waals surface area contributed by atoms with Gasteiger partial charge in [0.2, 0.25) is 5.78 Å². The van der Waals surface area contributed by atoms with Crippen LogP contribution >= 0.6 is 23.2 Å². The van der Waals surface area contributed by atoms with Gasteiger partial charge in [0, 0.05) is 13.2 Å². The summed E-state index contributed by atoms with van der Waals surface area (Å²) in [5, 5.41) is 8.86. The predicted molar refractivity (Wildman–Crippen MR) is 99.1 cm³/mol. The van der Waals surface area contributed by atoms with Gasteiger partial charge in [0.15, 0.2) is 12.4 Å². The molecule has 0 aliphatic carbocycles. The van der Waals surface area contributed by atoms with Crippen molar-refractivity contribution in [1.29, 1.82) is 0 Å². The molecule has 8 nitrogen and oxygen atoms in total. The highest BCUT2D eigenvalue weighted by atomic mass is 35.5. The molecule has 3 aromatic heterocycles. The van der Waals surface area contributed by atoms with Gasteiger partial charge in [-0.2, -0.15) is 0 Å². The van der Waals surface area contributed by atoms with Crippen LogP contribution in [-0.4, -0.2) is 30.1 Å². The van der Waals surface area contributed by atoms with Crippen LogP contribution in [0, 0.1) is 0 Å². The maximum absolute atomic E-state index is 12.4. The molecule has 0 radical (unpaired) electrons. The Morgan fingerprint density at radius 1 is 1.22 bits per heavy atom. The van der Waals surface area contributed by atoms with Crippen LogP contribution in [0.1, 0.15) is 16.2 Å². The molecular weight excluding hydrogens is 393 g/mol. The van der Waals surface area contributed by atoms with Gasteiger partial charge in [-0.15, -0.1) is 10.2 Å². The largest absolute Gasteiger partial charge is 0.454 e. The Kier molecular flexibility index (Phi) is 4.29. The van der Waals surface area contributed by atoms with Gasteiger partial charge in [0.25, 0.3) is 5.56 Å². The van der Waals surface area contributed by atoms with Gasteiger partial charge in [-0.05, 0) is 18.2 Å². The number of hydrogen-bond acceptors (Lipinski definition) is 6. The molecule has 0 unspecified atom stereocenters. The number of halogens is 2. The predicted octanol–water partition coefficient (Wildman–Crippen LogP) is 2.64. The highest BCUT2D eigenvalue weighted by Crippen LogP contribution is 2.20. The molecule has 4 rings (SSSR count). The number of pyridine rings is 1. The summed E-state index contributed by atoms with van der Waals surface area (Å²) in [7, 11) is 1.61. The lowest BCUT2D eigenvalue weighted by Gasteiger charge is -2.08. The van der Waals surface area contributed by atoms with Crippen molar-refractivity contribution in [2.45, 2.75) is 6.61 Å². The second-order valence-corrected chi connectivity index (χ2v) is 6.47. The van der Waals surface area contributed by atoms with Gasteiger partial charge in [-0.25, -0.2) is 9.78 Å². The fourth-order valence-electron chi connectivity index (χ4n) is 2.73. The SMILES string of the molecule is Cn1c(=O)c2ccccc2n2c(COC(=O)c3cnc(Cl)c(Cl)c3)nnc12. The van der Waals surface area contributed by atoms with E-state index in [1.165, 1.54) is 16.8 Å². The van der Waals surface area contributed by atoms with Crippen molar-refractivity contribution in [2.75, 3.05) is 0 Å². The van der Waals surface area contributed by atoms with Crippen molar-refractivity contribution in [2.24, 2.45) is 7.05 Å². The number of carbonyl (C=O) groups is 1. The maximum atomic E-state index is 12.4. The lowest BCUT2D eigenvalue weighted by atomic mass is 10.2. The number of ether oxygens (including phenoxy) is 1. The zero-order chi connectivity index (χ0) is 19.1. The van der Waals surface area contributed by atoms with Crippen LogP contribution < -0.4 is 5.56 Å². The molecule has 0 saturated carbocycles. The minimum absolute atomic E-state index is 0.101. The number of benzene rings is 1. The lowest BCUT2D eigenvalue weighted by molar-refractivity contribution is 0.0461. The van der Waals surface area contributed by atoms with Crippen molar-refractivity contribution in [3.8, 4) is 0 Å². The molecule has 0 bridgehead atoms. The van der Waals surface area contributed by atoms with Crippen molar-refractivity contribution in [3.05, 3.63) is 68.4 Å². The Labute approximate surface area is 161 Å². The van der Waals surface area contributed by atoms with E-state index in [9.17, 15) is 9.59 Å². The Morgan fingerprint density at radius 3 is 2.78 bits per heavy atom. The highest BCUT2D eigenvalue weighted by molar-refractivity contribution is 6.41. The molecule has 0 fully saturated rings. The molecule has 0 saturated heterocycles. The van der Waals surface area contributed by atoms with E-state index in [0.29, 0.717) is 22.5 Å². The van der Waals surface area contributed by atoms with Crippen LogP contribution in [0.5, 0.6) is 0 Å². The van der Waals surface area contributed by atoms with E-state index < -0.39 is 5.97 Å². The summed E-state index contributed by atoms with van der Waals surface area (Å²) in [6.45, 7) is -0.150. The highest BCUT2D eigenvalue weighted by Gasteiger charge is 2.17. The van der Waals surface area contributed by atoms with Crippen LogP contribution in [0.3, 0.4) is 0 Å². The molecule has 0 aliphatic rings. The summed E-state index contributed by atoms with van der Waals surface area (Å²) in [6.07, 6.45) is 1.28. The molecule has 0 spiro atoms. The van der Waals surface area contributed by atoms with Gasteiger partial charge in [0.05, 0.1) is 21.5 Å². The first kappa shape index (κ1) is 17.4. The monoisotopic (exact) mass is 403 g/mol. The Hall–Kier alpha value is -2.97. The molecule has 1 aromatic carbocycles. The average molecular weight is 404 g/mol. The summed E-state index contributed by atoms with van der Waals surface area (Å²) >= 11 is 11.6. The Bertz CT molecular complexity index is 1260. The van der Waals surface area contributed by atoms with E-state index in [1.807, 2.05) is 0 Å². The molecular formula is C17H11Cl2N5O3.